The summed E-state index contributed by atoms with van der Waals surface area (Å²) < 4.78 is 31.3. The van der Waals surface area contributed by atoms with Crippen molar-refractivity contribution in [1.82, 2.24) is 4.90 Å². The molecule has 7 heteroatoms. The molecule has 0 amide bonds. The van der Waals surface area contributed by atoms with Crippen molar-refractivity contribution in [3.63, 3.8) is 0 Å². The van der Waals surface area contributed by atoms with Crippen LogP contribution in [0.3, 0.4) is 0 Å². The minimum atomic E-state index is -0.256. The molecule has 2 saturated heterocycles. The van der Waals surface area contributed by atoms with E-state index in [-0.39, 0.29) is 24.1 Å². The molecule has 2 aliphatic rings. The highest BCUT2D eigenvalue weighted by Gasteiger charge is 2.37. The molecule has 28 heavy (non-hydrogen) atoms. The van der Waals surface area contributed by atoms with Crippen LogP contribution in [0.1, 0.15) is 0 Å². The van der Waals surface area contributed by atoms with Gasteiger partial charge in [0.25, 0.3) is 0 Å². The van der Waals surface area contributed by atoms with E-state index in [9.17, 15) is 4.39 Å². The molecule has 0 aromatic heterocycles. The van der Waals surface area contributed by atoms with Crippen molar-refractivity contribution in [1.29, 1.82) is 0 Å². The molecular weight excluding hydrogens is 383 g/mol. The number of halogens is 2. The van der Waals surface area contributed by atoms with E-state index in [2.05, 4.69) is 10.2 Å². The van der Waals surface area contributed by atoms with Gasteiger partial charge in [-0.15, -0.1) is 0 Å². The minimum absolute atomic E-state index is 0.00841. The molecule has 2 heterocycles. The summed E-state index contributed by atoms with van der Waals surface area (Å²) in [6, 6.07) is 13.8. The predicted octanol–water partition coefficient (Wildman–Crippen LogP) is 3.44. The number of nitrogens with zero attached hydrogens (tertiary/aromatic N) is 1. The molecule has 0 spiro atoms. The van der Waals surface area contributed by atoms with Crippen LogP contribution in [-0.2, 0) is 9.47 Å². The predicted molar refractivity (Wildman–Crippen MR) is 107 cm³/mol. The Kier molecular flexibility index (Phi) is 6.32. The number of ether oxygens (including phenoxy) is 3. The fourth-order valence-electron chi connectivity index (χ4n) is 3.57. The summed E-state index contributed by atoms with van der Waals surface area (Å²) in [7, 11) is 0. The molecule has 4 rings (SSSR count). The Morgan fingerprint density at radius 1 is 1.07 bits per heavy atom. The normalized spacial score (nSPS) is 23.2. The van der Waals surface area contributed by atoms with Crippen molar-refractivity contribution in [2.24, 2.45) is 0 Å². The van der Waals surface area contributed by atoms with Crippen LogP contribution in [0.5, 0.6) is 5.75 Å². The summed E-state index contributed by atoms with van der Waals surface area (Å²) in [5, 5.41) is 3.99. The van der Waals surface area contributed by atoms with Crippen LogP contribution in [0.2, 0.25) is 5.02 Å². The summed E-state index contributed by atoms with van der Waals surface area (Å²) >= 11 is 5.88. The van der Waals surface area contributed by atoms with Gasteiger partial charge >= 0.3 is 0 Å². The van der Waals surface area contributed by atoms with Crippen LogP contribution in [0.25, 0.3) is 0 Å². The molecule has 0 saturated carbocycles. The fourth-order valence-corrected chi connectivity index (χ4v) is 3.70. The lowest BCUT2D eigenvalue weighted by molar-refractivity contribution is -0.00461. The zero-order valence-corrected chi connectivity index (χ0v) is 16.3. The summed E-state index contributed by atoms with van der Waals surface area (Å²) in [6.45, 7) is 4.13. The van der Waals surface area contributed by atoms with Gasteiger partial charge in [-0.1, -0.05) is 17.7 Å². The Bertz CT molecular complexity index is 761. The monoisotopic (exact) mass is 406 g/mol. The van der Waals surface area contributed by atoms with Gasteiger partial charge in [0, 0.05) is 30.3 Å². The molecule has 5 nitrogen and oxygen atoms in total. The highest BCUT2D eigenvalue weighted by atomic mass is 35.5. The quantitative estimate of drug-likeness (QED) is 0.796. The second-order valence-corrected chi connectivity index (χ2v) is 7.59. The number of hydrogen-bond acceptors (Lipinski definition) is 5. The van der Waals surface area contributed by atoms with Crippen molar-refractivity contribution in [3.05, 3.63) is 59.4 Å². The first kappa shape index (κ1) is 19.5. The zero-order valence-electron chi connectivity index (χ0n) is 15.5. The van der Waals surface area contributed by atoms with Crippen molar-refractivity contribution >= 4 is 17.3 Å². The van der Waals surface area contributed by atoms with Gasteiger partial charge in [0.2, 0.25) is 0 Å². The Balaban J connectivity index is 1.21. The smallest absolute Gasteiger partial charge is 0.125 e. The molecule has 2 aliphatic heterocycles. The van der Waals surface area contributed by atoms with E-state index in [0.717, 1.165) is 31.1 Å². The number of nitrogens with one attached hydrogen (secondary N) is 1. The topological polar surface area (TPSA) is 43.0 Å². The molecule has 150 valence electrons. The Labute approximate surface area is 169 Å². The number of benzene rings is 2. The minimum Gasteiger partial charge on any atom is -0.492 e. The van der Waals surface area contributed by atoms with Crippen molar-refractivity contribution in [2.75, 3.05) is 44.8 Å². The average molecular weight is 407 g/mol. The van der Waals surface area contributed by atoms with E-state index in [4.69, 9.17) is 25.8 Å². The lowest BCUT2D eigenvalue weighted by atomic mass is 10.2. The van der Waals surface area contributed by atoms with Crippen molar-refractivity contribution in [3.8, 4) is 5.75 Å². The molecule has 0 bridgehead atoms. The molecule has 0 unspecified atom stereocenters. The van der Waals surface area contributed by atoms with E-state index in [0.29, 0.717) is 24.8 Å². The molecule has 2 aromatic carbocycles. The second kappa shape index (κ2) is 9.09. The third-order valence-electron chi connectivity index (χ3n) is 5.00. The van der Waals surface area contributed by atoms with E-state index >= 15 is 0 Å². The lowest BCUT2D eigenvalue weighted by Gasteiger charge is -2.20. The first-order chi connectivity index (χ1) is 13.7. The van der Waals surface area contributed by atoms with Gasteiger partial charge in [0.1, 0.15) is 18.2 Å². The lowest BCUT2D eigenvalue weighted by Crippen LogP contribution is -2.32. The van der Waals surface area contributed by atoms with Gasteiger partial charge in [0.05, 0.1) is 31.5 Å². The molecule has 2 atom stereocenters. The van der Waals surface area contributed by atoms with Gasteiger partial charge in [-0.3, -0.25) is 4.90 Å². The maximum Gasteiger partial charge on any atom is 0.125 e. The van der Waals surface area contributed by atoms with Crippen molar-refractivity contribution in [2.45, 2.75) is 18.2 Å². The first-order valence-electron chi connectivity index (χ1n) is 9.52. The Morgan fingerprint density at radius 2 is 1.79 bits per heavy atom. The second-order valence-electron chi connectivity index (χ2n) is 7.16. The van der Waals surface area contributed by atoms with E-state index in [1.54, 1.807) is 6.07 Å². The van der Waals surface area contributed by atoms with Crippen molar-refractivity contribution < 1.29 is 18.6 Å². The number of hydrogen-bond donors (Lipinski definition) is 1. The highest BCUT2D eigenvalue weighted by Crippen LogP contribution is 2.22. The maximum absolute atomic E-state index is 13.3. The zero-order chi connectivity index (χ0) is 19.3. The summed E-state index contributed by atoms with van der Waals surface area (Å²) in [5.74, 6) is 0.561. The van der Waals surface area contributed by atoms with Crippen LogP contribution >= 0.6 is 11.6 Å². The van der Waals surface area contributed by atoms with Gasteiger partial charge in [-0.25, -0.2) is 4.39 Å². The van der Waals surface area contributed by atoms with Crippen LogP contribution in [0.4, 0.5) is 10.1 Å². The standard InChI is InChI=1S/C21H24ClFN2O3/c22-15-4-6-19(7-5-15)26-9-8-25-11-20-21(12-25)28-14-18(13-27-20)24-17-3-1-2-16(23)10-17/h1-7,10,18,20-21,24H,8-9,11-14H2/t20-,21-/m0/s1. The molecule has 2 fully saturated rings. The SMILES string of the molecule is Fc1cccc(NC2CO[C@H]3CN(CCOc4ccc(Cl)cc4)C[C@@H]3OC2)c1. The maximum atomic E-state index is 13.3. The number of likely N-dealkylation sites (tertiary alicyclic amines) is 1. The van der Waals surface area contributed by atoms with Gasteiger partial charge in [0.15, 0.2) is 0 Å². The largest absolute Gasteiger partial charge is 0.492 e. The van der Waals surface area contributed by atoms with E-state index in [1.165, 1.54) is 12.1 Å². The number of rotatable bonds is 6. The summed E-state index contributed by atoms with van der Waals surface area (Å²) in [6.07, 6.45) is 0.102. The Morgan fingerprint density at radius 3 is 2.46 bits per heavy atom. The van der Waals surface area contributed by atoms with E-state index in [1.807, 2.05) is 30.3 Å². The molecule has 0 aliphatic carbocycles. The average Bonchev–Trinajstić information content (AvgIpc) is 2.98. The fraction of sp³-hybridized carbons (Fsp3) is 0.429. The molecule has 0 radical (unpaired) electrons. The molecular formula is C21H24ClFN2O3. The van der Waals surface area contributed by atoms with Crippen LogP contribution in [0, 0.1) is 5.82 Å². The van der Waals surface area contributed by atoms with Crippen LogP contribution in [0.15, 0.2) is 48.5 Å². The van der Waals surface area contributed by atoms with Gasteiger partial charge < -0.3 is 19.5 Å². The highest BCUT2D eigenvalue weighted by molar-refractivity contribution is 6.30. The molecule has 2 aromatic rings. The molecule has 1 N–H and O–H groups in total. The first-order valence-corrected chi connectivity index (χ1v) is 9.89. The third-order valence-corrected chi connectivity index (χ3v) is 5.25. The third kappa shape index (κ3) is 5.14. The Hall–Kier alpha value is -1.86. The van der Waals surface area contributed by atoms with Crippen LogP contribution in [-0.4, -0.2) is 62.6 Å². The summed E-state index contributed by atoms with van der Waals surface area (Å²) in [5.41, 5.74) is 0.741. The summed E-state index contributed by atoms with van der Waals surface area (Å²) in [4.78, 5) is 2.30. The van der Waals surface area contributed by atoms with Crippen LogP contribution < -0.4 is 10.1 Å². The number of anilines is 1. The number of fused-ring (bicyclic) bond motifs is 1. The van der Waals surface area contributed by atoms with Gasteiger partial charge in [-0.2, -0.15) is 0 Å². The van der Waals surface area contributed by atoms with E-state index < -0.39 is 0 Å². The van der Waals surface area contributed by atoms with Gasteiger partial charge in [-0.05, 0) is 42.5 Å².